The Balaban J connectivity index is 2.30. The second-order valence-electron chi connectivity index (χ2n) is 4.51. The minimum absolute atomic E-state index is 0.0485. The quantitative estimate of drug-likeness (QED) is 0.346. The fraction of sp³-hybridized carbons (Fsp3) is 0.133. The zero-order valence-electron chi connectivity index (χ0n) is 11.6. The van der Waals surface area contributed by atoms with Gasteiger partial charge in [0.2, 0.25) is 0 Å². The molecule has 0 fully saturated rings. The van der Waals surface area contributed by atoms with Crippen LogP contribution in [0.1, 0.15) is 15.7 Å². The minimum atomic E-state index is -1.30. The van der Waals surface area contributed by atoms with Gasteiger partial charge in [-0.25, -0.2) is 0 Å². The van der Waals surface area contributed by atoms with Crippen molar-refractivity contribution in [3.63, 3.8) is 0 Å². The van der Waals surface area contributed by atoms with Gasteiger partial charge in [0.05, 0.1) is 0 Å². The van der Waals surface area contributed by atoms with Crippen molar-refractivity contribution in [1.29, 1.82) is 0 Å². The number of carboxylic acid groups (broad SMARTS) is 1. The molecule has 0 amide bonds. The van der Waals surface area contributed by atoms with Crippen molar-refractivity contribution >= 4 is 41.7 Å². The zero-order valence-corrected chi connectivity index (χ0v) is 13.3. The second kappa shape index (κ2) is 6.17. The average Bonchev–Trinajstić information content (AvgIpc) is 2.87. The van der Waals surface area contributed by atoms with Crippen LogP contribution in [0.5, 0.6) is 11.5 Å². The first-order valence-electron chi connectivity index (χ1n) is 6.12. The number of carboxylic acids is 1. The Hall–Kier alpha value is -2.37. The van der Waals surface area contributed by atoms with E-state index < -0.39 is 38.5 Å². The van der Waals surface area contributed by atoms with Gasteiger partial charge in [-0.05, 0) is 0 Å². The van der Waals surface area contributed by atoms with Gasteiger partial charge >= 0.3 is 131 Å². The van der Waals surface area contributed by atoms with Gasteiger partial charge in [-0.2, -0.15) is 0 Å². The summed E-state index contributed by atoms with van der Waals surface area (Å²) < 4.78 is 6.13. The van der Waals surface area contributed by atoms with Gasteiger partial charge in [0.15, 0.2) is 0 Å². The molecule has 7 heteroatoms. The van der Waals surface area contributed by atoms with E-state index in [1.54, 1.807) is 6.07 Å². The molecule has 0 aliphatic carbocycles. The molecule has 0 bridgehead atoms. The Labute approximate surface area is 131 Å². The number of rotatable bonds is 6. The Morgan fingerprint density at radius 3 is 2.55 bits per heavy atom. The summed E-state index contributed by atoms with van der Waals surface area (Å²) >= 11 is -0.395. The topological polar surface area (TPSA) is 101 Å². The second-order valence-corrected chi connectivity index (χ2v) is 6.78. The van der Waals surface area contributed by atoms with E-state index in [9.17, 15) is 19.5 Å². The summed E-state index contributed by atoms with van der Waals surface area (Å²) in [6.45, 7) is 3.24. The molecule has 0 aliphatic rings. The molecule has 1 aromatic heterocycles. The summed E-state index contributed by atoms with van der Waals surface area (Å²) in [4.78, 5) is 34.5. The number of methoxy groups -OCH3 is 1. The number of carbonyl (C=O) groups is 3. The third-order valence-electron chi connectivity index (χ3n) is 2.97. The number of Topliss-reactive ketones (excluding diaryl/α,β-unsaturated/α-hetero) is 2. The molecule has 0 aliphatic heterocycles. The van der Waals surface area contributed by atoms with Crippen molar-refractivity contribution in [2.45, 2.75) is 6.42 Å². The van der Waals surface area contributed by atoms with Crippen LogP contribution in [0.15, 0.2) is 30.4 Å². The Bertz CT molecular complexity index is 802. The summed E-state index contributed by atoms with van der Waals surface area (Å²) in [6.07, 6.45) is -0.507. The summed E-state index contributed by atoms with van der Waals surface area (Å²) in [5.41, 5.74) is -0.318. The number of phenols is 1. The molecule has 6 nitrogen and oxygen atoms in total. The SMILES string of the molecule is C=C(CC(=O)C(=O)c1cc2cc(O)c(OC)cc2[se]1)C(=O)O. The van der Waals surface area contributed by atoms with Crippen LogP contribution in [0.3, 0.4) is 0 Å². The number of aliphatic carboxylic acids is 1. The molecule has 2 N–H and O–H groups in total. The molecule has 0 unspecified atom stereocenters. The van der Waals surface area contributed by atoms with Crippen molar-refractivity contribution < 1.29 is 29.3 Å². The number of ether oxygens (including phenoxy) is 1. The molecular weight excluding hydrogens is 355 g/mol. The zero-order chi connectivity index (χ0) is 16.4. The maximum absolute atomic E-state index is 12.1. The molecule has 1 aromatic carbocycles. The number of hydrogen-bond donors (Lipinski definition) is 2. The number of fused-ring (bicyclic) bond motifs is 1. The molecule has 0 radical (unpaired) electrons. The van der Waals surface area contributed by atoms with Crippen molar-refractivity contribution in [2.75, 3.05) is 7.11 Å². The van der Waals surface area contributed by atoms with Gasteiger partial charge in [0.25, 0.3) is 0 Å². The number of carbonyl (C=O) groups excluding carboxylic acids is 2. The van der Waals surface area contributed by atoms with E-state index in [4.69, 9.17) is 9.84 Å². The van der Waals surface area contributed by atoms with Crippen LogP contribution in [-0.4, -0.2) is 49.4 Å². The number of aromatic hydroxyl groups is 1. The number of hydrogen-bond acceptors (Lipinski definition) is 5. The monoisotopic (exact) mass is 368 g/mol. The summed E-state index contributed by atoms with van der Waals surface area (Å²) in [6, 6.07) is 4.64. The summed E-state index contributed by atoms with van der Waals surface area (Å²) in [7, 11) is 1.42. The molecule has 1 heterocycles. The molecule has 0 atom stereocenters. The van der Waals surface area contributed by atoms with Gasteiger partial charge < -0.3 is 0 Å². The Morgan fingerprint density at radius 2 is 1.95 bits per heavy atom. The maximum atomic E-state index is 12.1. The van der Waals surface area contributed by atoms with E-state index in [1.807, 2.05) is 0 Å². The molecule has 2 aromatic rings. The molecule has 114 valence electrons. The van der Waals surface area contributed by atoms with Gasteiger partial charge in [-0.3, -0.25) is 0 Å². The van der Waals surface area contributed by atoms with E-state index >= 15 is 0 Å². The van der Waals surface area contributed by atoms with Crippen LogP contribution < -0.4 is 4.74 Å². The van der Waals surface area contributed by atoms with Gasteiger partial charge in [-0.1, -0.05) is 0 Å². The molecule has 22 heavy (non-hydrogen) atoms. The van der Waals surface area contributed by atoms with Gasteiger partial charge in [0.1, 0.15) is 0 Å². The fourth-order valence-corrected chi connectivity index (χ4v) is 3.98. The van der Waals surface area contributed by atoms with E-state index in [-0.39, 0.29) is 11.3 Å². The summed E-state index contributed by atoms with van der Waals surface area (Å²) in [5.74, 6) is -2.56. The van der Waals surface area contributed by atoms with Crippen molar-refractivity contribution in [3.05, 3.63) is 34.8 Å². The third kappa shape index (κ3) is 3.10. The first-order valence-corrected chi connectivity index (χ1v) is 7.84. The predicted octanol–water partition coefficient (Wildman–Crippen LogP) is 1.39. The number of ketones is 2. The van der Waals surface area contributed by atoms with Crippen LogP contribution in [0.2, 0.25) is 0 Å². The van der Waals surface area contributed by atoms with E-state index in [1.165, 1.54) is 19.2 Å². The number of benzene rings is 1. The van der Waals surface area contributed by atoms with Crippen LogP contribution >= 0.6 is 0 Å². The molecule has 2 rings (SSSR count). The third-order valence-corrected chi connectivity index (χ3v) is 5.27. The van der Waals surface area contributed by atoms with Gasteiger partial charge in [-0.15, -0.1) is 0 Å². The Kier molecular flexibility index (Phi) is 4.49. The molecule has 0 saturated heterocycles. The van der Waals surface area contributed by atoms with Gasteiger partial charge in [0, 0.05) is 0 Å². The van der Waals surface area contributed by atoms with Crippen LogP contribution in [0.25, 0.3) is 9.65 Å². The van der Waals surface area contributed by atoms with Crippen LogP contribution in [0, 0.1) is 0 Å². The van der Waals surface area contributed by atoms with Crippen LogP contribution in [0.4, 0.5) is 0 Å². The standard InChI is InChI=1S/C15H12O6Se/c1-7(15(19)20)3-10(17)14(18)13-5-8-4-9(16)11(21-2)6-12(8)22-13/h4-6,16H,1,3H2,2H3,(H,19,20). The first kappa shape index (κ1) is 16.0. The van der Waals surface area contributed by atoms with E-state index in [0.717, 1.165) is 4.26 Å². The summed E-state index contributed by atoms with van der Waals surface area (Å²) in [5, 5.41) is 19.1. The molecule has 0 spiro atoms. The molecular formula is C15H12O6Se. The van der Waals surface area contributed by atoms with Crippen molar-refractivity contribution in [2.24, 2.45) is 0 Å². The van der Waals surface area contributed by atoms with E-state index in [2.05, 4.69) is 6.58 Å². The van der Waals surface area contributed by atoms with E-state index in [0.29, 0.717) is 15.6 Å². The normalized spacial score (nSPS) is 10.4. The van der Waals surface area contributed by atoms with Crippen molar-refractivity contribution in [1.82, 2.24) is 0 Å². The first-order chi connectivity index (χ1) is 10.3. The average molecular weight is 367 g/mol. The van der Waals surface area contributed by atoms with Crippen LogP contribution in [-0.2, 0) is 9.59 Å². The predicted molar refractivity (Wildman–Crippen MR) is 79.8 cm³/mol. The molecule has 0 saturated carbocycles. The van der Waals surface area contributed by atoms with Crippen molar-refractivity contribution in [3.8, 4) is 11.5 Å². The fourth-order valence-electron chi connectivity index (χ4n) is 1.82. The number of phenolic OH excluding ortho intramolecular Hbond substituents is 1. The Morgan fingerprint density at radius 1 is 1.27 bits per heavy atom.